The van der Waals surface area contributed by atoms with Crippen molar-refractivity contribution in [1.29, 1.82) is 0 Å². The summed E-state index contributed by atoms with van der Waals surface area (Å²) in [5.41, 5.74) is 6.34. The molecule has 0 aliphatic heterocycles. The van der Waals surface area contributed by atoms with E-state index in [0.29, 0.717) is 16.1 Å². The second-order valence-electron chi connectivity index (χ2n) is 6.09. The molecule has 0 spiro atoms. The van der Waals surface area contributed by atoms with Crippen LogP contribution < -0.4 is 11.3 Å². The number of benzene rings is 1. The zero-order chi connectivity index (χ0) is 19.8. The van der Waals surface area contributed by atoms with E-state index in [1.807, 2.05) is 0 Å². The molecule has 0 saturated carbocycles. The SMILES string of the molecule is [B]C([B])(c1noc(Cn2ncc(N)c(C)c2=O)n1)C(O)c1ccc(Cl)cc1. The van der Waals surface area contributed by atoms with Gasteiger partial charge in [0.15, 0.2) is 5.82 Å². The molecule has 0 bridgehead atoms. The molecule has 4 radical (unpaired) electrons. The van der Waals surface area contributed by atoms with Gasteiger partial charge in [0, 0.05) is 10.6 Å². The van der Waals surface area contributed by atoms with Crippen molar-refractivity contribution >= 4 is 33.0 Å². The molecule has 27 heavy (non-hydrogen) atoms. The van der Waals surface area contributed by atoms with Gasteiger partial charge < -0.3 is 15.4 Å². The van der Waals surface area contributed by atoms with E-state index in [1.165, 1.54) is 6.20 Å². The van der Waals surface area contributed by atoms with Gasteiger partial charge in [-0.15, -0.1) is 0 Å². The Labute approximate surface area is 162 Å². The first-order valence-electron chi connectivity index (χ1n) is 7.86. The predicted molar refractivity (Wildman–Crippen MR) is 101 cm³/mol. The standard InChI is InChI=1S/C16H14B2ClN5O3/c1-8-11(20)6-21-24(14(8)26)7-12-22-15(23-27-12)16(17,18)13(25)9-2-4-10(19)5-3-9/h2-6,13,25H,7,20H2,1H3. The van der Waals surface area contributed by atoms with Gasteiger partial charge in [-0.2, -0.15) is 10.1 Å². The predicted octanol–water partition coefficient (Wildman–Crippen LogP) is 0.442. The molecule has 3 aromatic rings. The molecule has 11 heteroatoms. The summed E-state index contributed by atoms with van der Waals surface area (Å²) >= 11 is 5.84. The third-order valence-electron chi connectivity index (χ3n) is 4.10. The van der Waals surface area contributed by atoms with E-state index in [-0.39, 0.29) is 29.5 Å². The van der Waals surface area contributed by atoms with E-state index in [0.717, 1.165) is 4.68 Å². The maximum absolute atomic E-state index is 12.1. The van der Waals surface area contributed by atoms with Crippen LogP contribution in [0.5, 0.6) is 0 Å². The summed E-state index contributed by atoms with van der Waals surface area (Å²) < 4.78 is 6.22. The second-order valence-corrected chi connectivity index (χ2v) is 6.52. The summed E-state index contributed by atoms with van der Waals surface area (Å²) in [7, 11) is 12.1. The third-order valence-corrected chi connectivity index (χ3v) is 4.36. The molecule has 0 fully saturated rings. The van der Waals surface area contributed by atoms with E-state index >= 15 is 0 Å². The lowest BCUT2D eigenvalue weighted by Gasteiger charge is -2.28. The van der Waals surface area contributed by atoms with Crippen molar-refractivity contribution in [1.82, 2.24) is 19.9 Å². The molecule has 8 nitrogen and oxygen atoms in total. The number of aromatic nitrogens is 4. The molecule has 0 aliphatic carbocycles. The van der Waals surface area contributed by atoms with Crippen LogP contribution in [0.15, 0.2) is 39.8 Å². The molecule has 3 rings (SSSR count). The second kappa shape index (κ2) is 7.21. The van der Waals surface area contributed by atoms with Gasteiger partial charge in [-0.3, -0.25) is 4.79 Å². The van der Waals surface area contributed by atoms with Crippen LogP contribution in [-0.4, -0.2) is 40.7 Å². The molecule has 3 N–H and O–H groups in total. The van der Waals surface area contributed by atoms with E-state index in [9.17, 15) is 9.90 Å². The van der Waals surface area contributed by atoms with Gasteiger partial charge in [0.05, 0.1) is 33.7 Å². The minimum absolute atomic E-state index is 0.0485. The van der Waals surface area contributed by atoms with Crippen LogP contribution in [0.3, 0.4) is 0 Å². The zero-order valence-electron chi connectivity index (χ0n) is 14.3. The summed E-state index contributed by atoms with van der Waals surface area (Å²) in [6.45, 7) is 1.49. The van der Waals surface area contributed by atoms with Gasteiger partial charge in [0.1, 0.15) is 6.54 Å². The molecule has 0 amide bonds. The molecular formula is C16H14B2ClN5O3. The molecule has 0 aliphatic rings. The average molecular weight is 381 g/mol. The zero-order valence-corrected chi connectivity index (χ0v) is 15.1. The van der Waals surface area contributed by atoms with E-state index < -0.39 is 11.3 Å². The van der Waals surface area contributed by atoms with Crippen molar-refractivity contribution in [2.45, 2.75) is 24.8 Å². The van der Waals surface area contributed by atoms with Crippen molar-refractivity contribution in [3.8, 4) is 0 Å². The summed E-state index contributed by atoms with van der Waals surface area (Å²) in [6, 6.07) is 6.37. The van der Waals surface area contributed by atoms with Crippen molar-refractivity contribution < 1.29 is 9.63 Å². The molecular weight excluding hydrogens is 367 g/mol. The number of hydrogen-bond donors (Lipinski definition) is 2. The first-order chi connectivity index (χ1) is 12.7. The van der Waals surface area contributed by atoms with Crippen LogP contribution in [0.2, 0.25) is 5.02 Å². The molecule has 0 saturated heterocycles. The number of nitrogens with two attached hydrogens (primary N) is 1. The number of anilines is 1. The van der Waals surface area contributed by atoms with Crippen LogP contribution in [0.4, 0.5) is 5.69 Å². The van der Waals surface area contributed by atoms with Gasteiger partial charge in [0.25, 0.3) is 5.56 Å². The normalized spacial score (nSPS) is 12.9. The highest BCUT2D eigenvalue weighted by atomic mass is 35.5. The lowest BCUT2D eigenvalue weighted by Crippen LogP contribution is -2.36. The fourth-order valence-electron chi connectivity index (χ4n) is 2.38. The van der Waals surface area contributed by atoms with Crippen LogP contribution in [0.25, 0.3) is 0 Å². The fraction of sp³-hybridized carbons (Fsp3) is 0.250. The maximum Gasteiger partial charge on any atom is 0.272 e. The number of aliphatic hydroxyl groups is 1. The Morgan fingerprint density at radius 2 is 2.04 bits per heavy atom. The number of nitrogens with zero attached hydrogens (tertiary/aromatic N) is 4. The number of aliphatic hydroxyl groups excluding tert-OH is 1. The summed E-state index contributed by atoms with van der Waals surface area (Å²) in [4.78, 5) is 16.2. The molecule has 1 aromatic carbocycles. The van der Waals surface area contributed by atoms with Gasteiger partial charge in [-0.05, 0) is 29.8 Å². The Morgan fingerprint density at radius 3 is 2.70 bits per heavy atom. The molecule has 2 aromatic heterocycles. The van der Waals surface area contributed by atoms with Gasteiger partial charge in [-0.1, -0.05) is 28.9 Å². The Bertz CT molecular complexity index is 1020. The lowest BCUT2D eigenvalue weighted by atomic mass is 9.50. The minimum atomic E-state index is -1.83. The quantitative estimate of drug-likeness (QED) is 0.615. The molecule has 1 unspecified atom stereocenters. The van der Waals surface area contributed by atoms with Crippen LogP contribution in [-0.2, 0) is 11.8 Å². The lowest BCUT2D eigenvalue weighted by molar-refractivity contribution is 0.152. The molecule has 2 heterocycles. The number of hydrogen-bond acceptors (Lipinski definition) is 7. The van der Waals surface area contributed by atoms with Crippen molar-refractivity contribution in [3.05, 3.63) is 68.7 Å². The number of nitrogen functional groups attached to an aromatic ring is 1. The van der Waals surface area contributed by atoms with E-state index in [1.54, 1.807) is 31.2 Å². The number of rotatable bonds is 5. The first-order valence-corrected chi connectivity index (χ1v) is 8.24. The average Bonchev–Trinajstić information content (AvgIpc) is 3.12. The largest absolute Gasteiger partial charge is 0.397 e. The van der Waals surface area contributed by atoms with Crippen molar-refractivity contribution in [2.75, 3.05) is 5.73 Å². The highest BCUT2D eigenvalue weighted by molar-refractivity contribution is 6.40. The van der Waals surface area contributed by atoms with Crippen LogP contribution >= 0.6 is 11.6 Å². The van der Waals surface area contributed by atoms with Gasteiger partial charge in [-0.25, -0.2) is 4.68 Å². The van der Waals surface area contributed by atoms with Gasteiger partial charge in [0.2, 0.25) is 5.89 Å². The Morgan fingerprint density at radius 1 is 1.37 bits per heavy atom. The first kappa shape index (κ1) is 19.2. The van der Waals surface area contributed by atoms with Crippen LogP contribution in [0.1, 0.15) is 28.9 Å². The number of halogens is 1. The molecule has 1 atom stereocenters. The summed E-state index contributed by atoms with van der Waals surface area (Å²) in [5.74, 6) is -0.0764. The Kier molecular flexibility index (Phi) is 5.12. The summed E-state index contributed by atoms with van der Waals surface area (Å²) in [6.07, 6.45) is 0.0360. The van der Waals surface area contributed by atoms with E-state index in [2.05, 4.69) is 15.2 Å². The Hall–Kier alpha value is -2.58. The third kappa shape index (κ3) is 3.77. The topological polar surface area (TPSA) is 120 Å². The monoisotopic (exact) mass is 381 g/mol. The highest BCUT2D eigenvalue weighted by Gasteiger charge is 2.34. The van der Waals surface area contributed by atoms with Crippen LogP contribution in [0, 0.1) is 6.92 Å². The fourth-order valence-corrected chi connectivity index (χ4v) is 2.50. The molecule has 134 valence electrons. The van der Waals surface area contributed by atoms with Crippen molar-refractivity contribution in [3.63, 3.8) is 0 Å². The van der Waals surface area contributed by atoms with Gasteiger partial charge >= 0.3 is 0 Å². The smallest absolute Gasteiger partial charge is 0.272 e. The summed E-state index contributed by atoms with van der Waals surface area (Å²) in [5, 5.41) is 16.8. The van der Waals surface area contributed by atoms with E-state index in [4.69, 9.17) is 37.6 Å². The van der Waals surface area contributed by atoms with Crippen molar-refractivity contribution in [2.24, 2.45) is 0 Å². The minimum Gasteiger partial charge on any atom is -0.397 e. The Balaban J connectivity index is 1.85. The maximum atomic E-state index is 12.1. The highest BCUT2D eigenvalue weighted by Crippen LogP contribution is 2.31.